The Hall–Kier alpha value is -0.240. The molecule has 17 unspecified atom stereocenters. The quantitative estimate of drug-likeness (QED) is 0.325. The molecule has 6 nitrogen and oxygen atoms in total. The van der Waals surface area contributed by atoms with Crippen molar-refractivity contribution in [3.63, 3.8) is 0 Å². The van der Waals surface area contributed by atoms with E-state index in [0.29, 0.717) is 102 Å². The molecule has 0 aromatic carbocycles. The Bertz CT molecular complexity index is 856. The molecule has 1 aliphatic carbocycles. The Labute approximate surface area is 238 Å². The summed E-state index contributed by atoms with van der Waals surface area (Å²) in [5, 5.41) is 39.1. The summed E-state index contributed by atoms with van der Waals surface area (Å²) in [5.41, 5.74) is 0. The maximum Gasteiger partial charge on any atom is 0.0590 e. The van der Waals surface area contributed by atoms with Gasteiger partial charge in [-0.25, -0.2) is 0 Å². The van der Waals surface area contributed by atoms with Crippen molar-refractivity contribution in [3.8, 4) is 0 Å². The first kappa shape index (κ1) is 28.9. The average molecular weight is 545 g/mol. The predicted octanol–water partition coefficient (Wildman–Crippen LogP) is 3.51. The lowest BCUT2D eigenvalue weighted by Gasteiger charge is -2.32. The van der Waals surface area contributed by atoms with E-state index in [1.807, 2.05) is 6.92 Å². The first-order valence-corrected chi connectivity index (χ1v) is 17.0. The molecule has 39 heavy (non-hydrogen) atoms. The minimum absolute atomic E-state index is 0.181. The number of rotatable bonds is 4. The Morgan fingerprint density at radius 1 is 0.667 bits per heavy atom. The van der Waals surface area contributed by atoms with Crippen molar-refractivity contribution in [2.24, 2.45) is 53.3 Å². The van der Waals surface area contributed by atoms with Crippen molar-refractivity contribution >= 4 is 0 Å². The monoisotopic (exact) mass is 544 g/mol. The molecule has 6 rings (SSSR count). The smallest absolute Gasteiger partial charge is 0.0590 e. The van der Waals surface area contributed by atoms with Gasteiger partial charge in [0.05, 0.1) is 12.2 Å². The molecule has 6 N–H and O–H groups in total. The Morgan fingerprint density at radius 3 is 1.92 bits per heavy atom. The maximum atomic E-state index is 11.4. The van der Waals surface area contributed by atoms with Gasteiger partial charge in [0.25, 0.3) is 0 Å². The van der Waals surface area contributed by atoms with Gasteiger partial charge in [-0.2, -0.15) is 0 Å². The number of nitrogens with one attached hydrogen (secondary N) is 4. The summed E-state index contributed by atoms with van der Waals surface area (Å²) < 4.78 is 0. The molecule has 224 valence electrons. The minimum Gasteiger partial charge on any atom is -0.393 e. The molecule has 0 spiro atoms. The third-order valence-electron chi connectivity index (χ3n) is 13.7. The van der Waals surface area contributed by atoms with E-state index in [0.717, 1.165) is 19.3 Å². The van der Waals surface area contributed by atoms with Gasteiger partial charge in [0.15, 0.2) is 0 Å². The third-order valence-corrected chi connectivity index (χ3v) is 13.7. The summed E-state index contributed by atoms with van der Waals surface area (Å²) in [6, 6.07) is 3.71. The first-order valence-electron chi connectivity index (χ1n) is 17.0. The zero-order valence-corrected chi connectivity index (χ0v) is 25.8. The van der Waals surface area contributed by atoms with Gasteiger partial charge in [0.2, 0.25) is 0 Å². The van der Waals surface area contributed by atoms with Crippen LogP contribution in [0.2, 0.25) is 0 Å². The Balaban J connectivity index is 1.35. The van der Waals surface area contributed by atoms with E-state index in [-0.39, 0.29) is 12.2 Å². The second-order valence-corrected chi connectivity index (χ2v) is 15.4. The summed E-state index contributed by atoms with van der Waals surface area (Å²) in [6.45, 7) is 16.5. The second-order valence-electron chi connectivity index (χ2n) is 15.4. The molecular weight excluding hydrogens is 484 g/mol. The van der Waals surface area contributed by atoms with E-state index < -0.39 is 0 Å². The van der Waals surface area contributed by atoms with E-state index in [9.17, 15) is 10.2 Å². The lowest BCUT2D eigenvalue weighted by Crippen LogP contribution is -2.48. The van der Waals surface area contributed by atoms with Crippen LogP contribution in [0, 0.1) is 53.3 Å². The van der Waals surface area contributed by atoms with Crippen LogP contribution in [0.4, 0.5) is 0 Å². The molecule has 5 saturated heterocycles. The number of hydrogen-bond acceptors (Lipinski definition) is 6. The SMILES string of the molecule is CCCC1C(C)C2CC3NC(CC4NC(CC5NC6C(CC(O)C6C5C)C1N2)[C@H](CC)[C@H]4C)C(C(C)O)C3C. The minimum atomic E-state index is -0.286. The van der Waals surface area contributed by atoms with Crippen LogP contribution >= 0.6 is 0 Å². The number of aliphatic hydroxyl groups excluding tert-OH is 2. The predicted molar refractivity (Wildman–Crippen MR) is 158 cm³/mol. The maximum absolute atomic E-state index is 11.4. The molecule has 0 aromatic heterocycles. The van der Waals surface area contributed by atoms with Crippen LogP contribution in [0.1, 0.15) is 93.4 Å². The summed E-state index contributed by atoms with van der Waals surface area (Å²) in [6.07, 6.45) is 7.61. The molecule has 19 atom stereocenters. The molecule has 6 aliphatic rings. The fourth-order valence-electron chi connectivity index (χ4n) is 11.7. The lowest BCUT2D eigenvalue weighted by atomic mass is 9.76. The topological polar surface area (TPSA) is 88.6 Å². The molecule has 5 aliphatic heterocycles. The van der Waals surface area contributed by atoms with Gasteiger partial charge in [-0.3, -0.25) is 0 Å². The van der Waals surface area contributed by atoms with Crippen molar-refractivity contribution in [3.05, 3.63) is 0 Å². The van der Waals surface area contributed by atoms with Gasteiger partial charge < -0.3 is 31.5 Å². The van der Waals surface area contributed by atoms with E-state index in [1.54, 1.807) is 0 Å². The zero-order chi connectivity index (χ0) is 27.7. The van der Waals surface area contributed by atoms with Crippen molar-refractivity contribution in [1.29, 1.82) is 0 Å². The highest BCUT2D eigenvalue weighted by Crippen LogP contribution is 2.50. The molecule has 6 fully saturated rings. The molecule has 0 radical (unpaired) electrons. The van der Waals surface area contributed by atoms with Crippen LogP contribution in [-0.2, 0) is 0 Å². The van der Waals surface area contributed by atoms with Crippen LogP contribution in [-0.4, -0.2) is 70.8 Å². The fourth-order valence-corrected chi connectivity index (χ4v) is 11.7. The standard InChI is InChI=1S/C33H60N4O2/c1-8-10-21-16(4)24-12-25-17(5)30(19(7)38)28(35-25)14-23-15(3)20(9-2)27(34-23)13-26-18(6)31-29(39)11-22(32(21)36-24)33(31)37-26/h15-39H,8-14H2,1-7H3/t15-,16?,17?,18?,19?,20-,21?,22?,23?,24?,25?,26?,27?,28?,29?,30?,31?,32?,33?/m1/s1. The third kappa shape index (κ3) is 4.76. The van der Waals surface area contributed by atoms with Crippen LogP contribution < -0.4 is 21.3 Å². The highest BCUT2D eigenvalue weighted by Gasteiger charge is 2.58. The number of aliphatic hydroxyl groups is 2. The summed E-state index contributed by atoms with van der Waals surface area (Å²) in [5.74, 6) is 4.81. The number of fused-ring (bicyclic) bond motifs is 8. The van der Waals surface area contributed by atoms with E-state index in [4.69, 9.17) is 0 Å². The zero-order valence-electron chi connectivity index (χ0n) is 25.8. The molecule has 8 bridgehead atoms. The first-order chi connectivity index (χ1) is 18.6. The Morgan fingerprint density at radius 2 is 1.23 bits per heavy atom. The molecule has 0 amide bonds. The molecule has 6 heteroatoms. The van der Waals surface area contributed by atoms with Gasteiger partial charge in [0.1, 0.15) is 0 Å². The molecular formula is C33H60N4O2. The summed E-state index contributed by atoms with van der Waals surface area (Å²) in [4.78, 5) is 0. The van der Waals surface area contributed by atoms with Crippen LogP contribution in [0.3, 0.4) is 0 Å². The van der Waals surface area contributed by atoms with E-state index in [2.05, 4.69) is 62.8 Å². The largest absolute Gasteiger partial charge is 0.393 e. The molecule has 0 aromatic rings. The van der Waals surface area contributed by atoms with Gasteiger partial charge in [0, 0.05) is 60.2 Å². The second kappa shape index (κ2) is 11.1. The van der Waals surface area contributed by atoms with Gasteiger partial charge in [-0.1, -0.05) is 54.4 Å². The summed E-state index contributed by atoms with van der Waals surface area (Å²) in [7, 11) is 0. The van der Waals surface area contributed by atoms with Crippen molar-refractivity contribution in [2.75, 3.05) is 0 Å². The highest BCUT2D eigenvalue weighted by atomic mass is 16.3. The van der Waals surface area contributed by atoms with Crippen molar-refractivity contribution in [1.82, 2.24) is 21.3 Å². The average Bonchev–Trinajstić information content (AvgIpc) is 3.63. The van der Waals surface area contributed by atoms with E-state index in [1.165, 1.54) is 25.7 Å². The number of hydrogen-bond donors (Lipinski definition) is 6. The van der Waals surface area contributed by atoms with Gasteiger partial charge >= 0.3 is 0 Å². The fraction of sp³-hybridized carbons (Fsp3) is 1.00. The van der Waals surface area contributed by atoms with Crippen molar-refractivity contribution < 1.29 is 10.2 Å². The highest BCUT2D eigenvalue weighted by molar-refractivity contribution is 5.14. The van der Waals surface area contributed by atoms with Gasteiger partial charge in [-0.05, 0) is 80.5 Å². The van der Waals surface area contributed by atoms with Crippen LogP contribution in [0.5, 0.6) is 0 Å². The van der Waals surface area contributed by atoms with Gasteiger partial charge in [-0.15, -0.1) is 0 Å². The van der Waals surface area contributed by atoms with E-state index >= 15 is 0 Å². The van der Waals surface area contributed by atoms with Crippen LogP contribution in [0.15, 0.2) is 0 Å². The van der Waals surface area contributed by atoms with Crippen LogP contribution in [0.25, 0.3) is 0 Å². The molecule has 5 heterocycles. The lowest BCUT2D eigenvalue weighted by molar-refractivity contribution is 0.0883. The Kier molecular flexibility index (Phi) is 8.22. The summed E-state index contributed by atoms with van der Waals surface area (Å²) >= 11 is 0. The van der Waals surface area contributed by atoms with Crippen molar-refractivity contribution in [2.45, 2.75) is 154 Å². The molecule has 1 saturated carbocycles. The normalized spacial score (nSPS) is 57.8.